The van der Waals surface area contributed by atoms with E-state index < -0.39 is 72.4 Å². The molecule has 40 heavy (non-hydrogen) atoms. The molecule has 16 heteroatoms. The Morgan fingerprint density at radius 2 is 1.55 bits per heavy atom. The van der Waals surface area contributed by atoms with Gasteiger partial charge in [0, 0.05) is 18.5 Å². The molecular formula is C24H17F4N5O7. The number of pyridine rings is 3. The maximum Gasteiger partial charge on any atom is 0.431 e. The quantitative estimate of drug-likeness (QED) is 0.206. The molecule has 4 rings (SSSR count). The second kappa shape index (κ2) is 9.87. The van der Waals surface area contributed by atoms with E-state index in [1.54, 1.807) is 13.8 Å². The average Bonchev–Trinajstić information content (AvgIpc) is 2.88. The van der Waals surface area contributed by atoms with Crippen LogP contribution in [0.2, 0.25) is 0 Å². The van der Waals surface area contributed by atoms with Gasteiger partial charge in [-0.1, -0.05) is 19.9 Å². The van der Waals surface area contributed by atoms with Gasteiger partial charge in [-0.05, 0) is 36.1 Å². The molecule has 208 valence electrons. The zero-order valence-corrected chi connectivity index (χ0v) is 20.5. The van der Waals surface area contributed by atoms with Gasteiger partial charge in [-0.15, -0.1) is 0 Å². The minimum Gasteiger partial charge on any atom is -0.501 e. The number of halogens is 4. The molecule has 0 aliphatic rings. The number of hydrogen-bond acceptors (Lipinski definition) is 8. The Hall–Kier alpha value is -5.15. The first kappa shape index (κ1) is 27.9. The van der Waals surface area contributed by atoms with Crippen LogP contribution in [0.1, 0.15) is 30.7 Å². The first-order valence-corrected chi connectivity index (χ1v) is 11.4. The normalized spacial score (nSPS) is 11.7. The molecule has 0 aliphatic carbocycles. The Balaban J connectivity index is 2.44. The van der Waals surface area contributed by atoms with Crippen LogP contribution in [-0.4, -0.2) is 29.1 Å². The van der Waals surface area contributed by atoms with Gasteiger partial charge in [0.1, 0.15) is 11.2 Å². The van der Waals surface area contributed by atoms with Crippen molar-refractivity contribution in [2.75, 3.05) is 0 Å². The molecule has 0 saturated heterocycles. The Kier molecular flexibility index (Phi) is 6.87. The first-order chi connectivity index (χ1) is 18.8. The number of aromatic nitrogens is 3. The SMILES string of the molecule is CCc1cncc(CC)c1-n1c(=O)c([N+](=O)[O-])c(O)c2cc(C(F)(F)F)n(-c3c(F)cccc3[N+](=O)[O-])c(=O)c21. The number of nitrogens with zero attached hydrogens (tertiary/aromatic N) is 5. The molecule has 0 amide bonds. The van der Waals surface area contributed by atoms with E-state index in [1.165, 1.54) is 12.4 Å². The summed E-state index contributed by atoms with van der Waals surface area (Å²) in [6, 6.07) is 2.21. The zero-order chi connectivity index (χ0) is 29.7. The van der Waals surface area contributed by atoms with E-state index in [4.69, 9.17) is 0 Å². The highest BCUT2D eigenvalue weighted by Crippen LogP contribution is 2.39. The summed E-state index contributed by atoms with van der Waals surface area (Å²) in [7, 11) is 0. The molecule has 0 atom stereocenters. The third-order valence-corrected chi connectivity index (χ3v) is 6.20. The van der Waals surface area contributed by atoms with Crippen LogP contribution in [0.4, 0.5) is 28.9 Å². The van der Waals surface area contributed by atoms with Crippen molar-refractivity contribution < 1.29 is 32.5 Å². The third-order valence-electron chi connectivity index (χ3n) is 6.20. The van der Waals surface area contributed by atoms with Gasteiger partial charge in [-0.25, -0.2) is 4.39 Å². The average molecular weight is 563 g/mol. The molecule has 4 aromatic rings. The molecular weight excluding hydrogens is 546 g/mol. The van der Waals surface area contributed by atoms with Gasteiger partial charge in [0.05, 0.1) is 20.9 Å². The lowest BCUT2D eigenvalue weighted by atomic mass is 10.0. The minimum atomic E-state index is -5.49. The molecule has 0 unspecified atom stereocenters. The van der Waals surface area contributed by atoms with Gasteiger partial charge < -0.3 is 5.11 Å². The van der Waals surface area contributed by atoms with Crippen molar-refractivity contribution in [2.45, 2.75) is 32.9 Å². The van der Waals surface area contributed by atoms with Crippen LogP contribution >= 0.6 is 0 Å². The van der Waals surface area contributed by atoms with Crippen LogP contribution in [0.5, 0.6) is 5.75 Å². The molecule has 0 fully saturated rings. The minimum absolute atomic E-state index is 0.101. The lowest BCUT2D eigenvalue weighted by Gasteiger charge is -2.21. The van der Waals surface area contributed by atoms with Crippen molar-refractivity contribution in [1.29, 1.82) is 0 Å². The fraction of sp³-hybridized carbons (Fsp3) is 0.208. The number of rotatable bonds is 6. The van der Waals surface area contributed by atoms with Gasteiger partial charge in [-0.3, -0.25) is 43.9 Å². The van der Waals surface area contributed by atoms with E-state index >= 15 is 0 Å². The maximum absolute atomic E-state index is 15.0. The van der Waals surface area contributed by atoms with Crippen molar-refractivity contribution in [3.63, 3.8) is 0 Å². The summed E-state index contributed by atoms with van der Waals surface area (Å²) in [5.41, 5.74) is -10.1. The highest BCUT2D eigenvalue weighted by Gasteiger charge is 2.40. The summed E-state index contributed by atoms with van der Waals surface area (Å²) in [6.07, 6.45) is -2.66. The summed E-state index contributed by atoms with van der Waals surface area (Å²) in [5.74, 6) is -3.11. The fourth-order valence-electron chi connectivity index (χ4n) is 4.46. The van der Waals surface area contributed by atoms with Crippen molar-refractivity contribution in [2.24, 2.45) is 0 Å². The molecule has 3 heterocycles. The maximum atomic E-state index is 15.0. The smallest absolute Gasteiger partial charge is 0.431 e. The van der Waals surface area contributed by atoms with Gasteiger partial charge in [0.15, 0.2) is 11.5 Å². The van der Waals surface area contributed by atoms with E-state index in [1.807, 2.05) is 0 Å². The number of aryl methyl sites for hydroxylation is 2. The number of alkyl halides is 3. The van der Waals surface area contributed by atoms with E-state index in [0.717, 1.165) is 6.07 Å². The molecule has 12 nitrogen and oxygen atoms in total. The van der Waals surface area contributed by atoms with Gasteiger partial charge >= 0.3 is 17.4 Å². The topological polar surface area (TPSA) is 163 Å². The van der Waals surface area contributed by atoms with Crippen molar-refractivity contribution in [1.82, 2.24) is 14.1 Å². The molecule has 0 radical (unpaired) electrons. The zero-order valence-electron chi connectivity index (χ0n) is 20.5. The molecule has 0 aliphatic heterocycles. The number of nitro groups is 2. The number of hydrogen-bond donors (Lipinski definition) is 1. The Morgan fingerprint density at radius 3 is 2.05 bits per heavy atom. The highest BCUT2D eigenvalue weighted by atomic mass is 19.4. The second-order valence-electron chi connectivity index (χ2n) is 8.40. The van der Waals surface area contributed by atoms with Crippen molar-refractivity contribution in [3.05, 3.63) is 100 Å². The second-order valence-corrected chi connectivity index (χ2v) is 8.40. The summed E-state index contributed by atoms with van der Waals surface area (Å²) < 4.78 is 58.0. The van der Waals surface area contributed by atoms with Crippen molar-refractivity contribution in [3.8, 4) is 17.1 Å². The Labute approximate surface area is 219 Å². The standard InChI is InChI=1S/C24H17F4N5O7/c1-3-11-9-29-10-12(4-2)17(11)31-18-13(21(34)20(23(31)36)33(39)40)8-16(24(26,27)28)30(22(18)35)19-14(25)6-5-7-15(19)32(37)38/h5-10,34H,3-4H2,1-2H3. The predicted molar refractivity (Wildman–Crippen MR) is 132 cm³/mol. The van der Waals surface area contributed by atoms with E-state index in [0.29, 0.717) is 16.7 Å². The third kappa shape index (κ3) is 4.22. The molecule has 0 bridgehead atoms. The number of benzene rings is 1. The first-order valence-electron chi connectivity index (χ1n) is 11.4. The summed E-state index contributed by atoms with van der Waals surface area (Å²) in [5, 5.41) is 33.0. The lowest BCUT2D eigenvalue weighted by molar-refractivity contribution is -0.387. The molecule has 0 spiro atoms. The van der Waals surface area contributed by atoms with Crippen LogP contribution in [0.3, 0.4) is 0 Å². The van der Waals surface area contributed by atoms with Crippen LogP contribution in [0.25, 0.3) is 22.3 Å². The van der Waals surface area contributed by atoms with Crippen LogP contribution in [-0.2, 0) is 19.0 Å². The molecule has 1 aromatic carbocycles. The highest BCUT2D eigenvalue weighted by molar-refractivity contribution is 5.90. The van der Waals surface area contributed by atoms with E-state index in [-0.39, 0.29) is 40.3 Å². The number of aromatic hydroxyl groups is 1. The number of fused-ring (bicyclic) bond motifs is 1. The molecule has 3 aromatic heterocycles. The van der Waals surface area contributed by atoms with E-state index in [9.17, 15) is 52.5 Å². The Morgan fingerprint density at radius 1 is 0.950 bits per heavy atom. The monoisotopic (exact) mass is 563 g/mol. The van der Waals surface area contributed by atoms with Crippen LogP contribution in [0, 0.1) is 26.0 Å². The van der Waals surface area contributed by atoms with Gasteiger partial charge in [0.25, 0.3) is 11.2 Å². The summed E-state index contributed by atoms with van der Waals surface area (Å²) >= 11 is 0. The number of para-hydroxylation sites is 1. The largest absolute Gasteiger partial charge is 0.501 e. The van der Waals surface area contributed by atoms with Crippen LogP contribution < -0.4 is 11.1 Å². The molecule has 0 saturated carbocycles. The summed E-state index contributed by atoms with van der Waals surface area (Å²) in [6.45, 7) is 3.23. The molecule has 1 N–H and O–H groups in total. The van der Waals surface area contributed by atoms with Crippen LogP contribution in [0.15, 0.2) is 46.2 Å². The number of nitro benzene ring substituents is 1. The predicted octanol–water partition coefficient (Wildman–Crippen LogP) is 4.34. The van der Waals surface area contributed by atoms with E-state index in [2.05, 4.69) is 4.98 Å². The van der Waals surface area contributed by atoms with Crippen molar-refractivity contribution >= 4 is 22.3 Å². The van der Waals surface area contributed by atoms with Gasteiger partial charge in [0.2, 0.25) is 5.75 Å². The summed E-state index contributed by atoms with van der Waals surface area (Å²) in [4.78, 5) is 52.3. The van der Waals surface area contributed by atoms with Gasteiger partial charge in [-0.2, -0.15) is 13.2 Å². The lowest BCUT2D eigenvalue weighted by Crippen LogP contribution is -2.33. The fourth-order valence-corrected chi connectivity index (χ4v) is 4.46. The Bertz CT molecular complexity index is 1830.